The molecule has 4 rings (SSSR count). The van der Waals surface area contributed by atoms with E-state index in [1.807, 2.05) is 25.1 Å². The molecule has 5 nitrogen and oxygen atoms in total. The van der Waals surface area contributed by atoms with Gasteiger partial charge in [-0.2, -0.15) is 0 Å². The summed E-state index contributed by atoms with van der Waals surface area (Å²) in [6.45, 7) is 2.89. The van der Waals surface area contributed by atoms with Crippen molar-refractivity contribution in [3.05, 3.63) is 71.5 Å². The molecule has 0 unspecified atom stereocenters. The molecule has 3 aromatic rings. The van der Waals surface area contributed by atoms with E-state index in [9.17, 15) is 14.3 Å². The monoisotopic (exact) mass is 436 g/mol. The maximum atomic E-state index is 13.2. The molecule has 32 heavy (non-hydrogen) atoms. The number of aromatic hydroxyl groups is 1. The van der Waals surface area contributed by atoms with E-state index in [0.29, 0.717) is 49.5 Å². The van der Waals surface area contributed by atoms with Crippen molar-refractivity contribution >= 4 is 5.97 Å². The lowest BCUT2D eigenvalue weighted by Gasteiger charge is -2.19. The fourth-order valence-electron chi connectivity index (χ4n) is 3.73. The zero-order chi connectivity index (χ0) is 22.5. The third kappa shape index (κ3) is 4.85. The Bertz CT molecular complexity index is 1110. The van der Waals surface area contributed by atoms with E-state index in [4.69, 9.17) is 14.2 Å². The Labute approximate surface area is 186 Å². The summed E-state index contributed by atoms with van der Waals surface area (Å²) >= 11 is 0. The van der Waals surface area contributed by atoms with E-state index in [0.717, 1.165) is 28.9 Å². The normalized spacial score (nSPS) is 12.8. The molecule has 0 fully saturated rings. The third-order valence-corrected chi connectivity index (χ3v) is 5.41. The van der Waals surface area contributed by atoms with Crippen LogP contribution in [0, 0.1) is 5.82 Å². The van der Waals surface area contributed by atoms with E-state index < -0.39 is 0 Å². The first kappa shape index (κ1) is 21.7. The predicted octanol–water partition coefficient (Wildman–Crippen LogP) is 5.46. The molecular weight excluding hydrogens is 411 g/mol. The molecule has 0 aromatic heterocycles. The Kier molecular flexibility index (Phi) is 6.59. The van der Waals surface area contributed by atoms with Crippen LogP contribution in [-0.4, -0.2) is 24.3 Å². The fraction of sp³-hybridized carbons (Fsp3) is 0.269. The molecule has 1 N–H and O–H groups in total. The van der Waals surface area contributed by atoms with Gasteiger partial charge in [0.2, 0.25) is 0 Å². The number of fused-ring (bicyclic) bond motifs is 1. The van der Waals surface area contributed by atoms with Crippen LogP contribution in [-0.2, 0) is 17.6 Å². The molecule has 1 aliphatic heterocycles. The average Bonchev–Trinajstić information content (AvgIpc) is 2.79. The largest absolute Gasteiger partial charge is 0.507 e. The van der Waals surface area contributed by atoms with Crippen molar-refractivity contribution in [3.8, 4) is 34.1 Å². The van der Waals surface area contributed by atoms with Crippen molar-refractivity contribution in [1.82, 2.24) is 0 Å². The minimum absolute atomic E-state index is 0.0884. The average molecular weight is 436 g/mol. The second kappa shape index (κ2) is 9.73. The van der Waals surface area contributed by atoms with Gasteiger partial charge in [-0.1, -0.05) is 25.1 Å². The molecule has 0 amide bonds. The summed E-state index contributed by atoms with van der Waals surface area (Å²) in [7, 11) is 0. The molecule has 1 aliphatic rings. The van der Waals surface area contributed by atoms with E-state index >= 15 is 0 Å². The number of hydrogen-bond acceptors (Lipinski definition) is 5. The van der Waals surface area contributed by atoms with Crippen LogP contribution in [0.4, 0.5) is 4.39 Å². The molecule has 0 aliphatic carbocycles. The molecular formula is C26H25FO5. The molecule has 0 bridgehead atoms. The first-order chi connectivity index (χ1) is 15.5. The molecule has 1 heterocycles. The van der Waals surface area contributed by atoms with Crippen molar-refractivity contribution in [2.75, 3.05) is 13.2 Å². The third-order valence-electron chi connectivity index (χ3n) is 5.41. The number of aryl methyl sites for hydroxylation is 1. The van der Waals surface area contributed by atoms with Crippen molar-refractivity contribution < 1.29 is 28.5 Å². The van der Waals surface area contributed by atoms with Crippen LogP contribution in [0.15, 0.2) is 54.6 Å². The zero-order valence-corrected chi connectivity index (χ0v) is 17.9. The van der Waals surface area contributed by atoms with Crippen LogP contribution < -0.4 is 14.2 Å². The van der Waals surface area contributed by atoms with Crippen LogP contribution in [0.1, 0.15) is 30.9 Å². The van der Waals surface area contributed by atoms with Gasteiger partial charge in [0.25, 0.3) is 0 Å². The number of halogens is 1. The van der Waals surface area contributed by atoms with Gasteiger partial charge in [-0.25, -0.2) is 4.39 Å². The summed E-state index contributed by atoms with van der Waals surface area (Å²) in [4.78, 5) is 11.4. The number of phenols is 1. The van der Waals surface area contributed by atoms with Gasteiger partial charge in [0.1, 0.15) is 28.8 Å². The Morgan fingerprint density at radius 3 is 2.50 bits per heavy atom. The molecule has 0 atom stereocenters. The lowest BCUT2D eigenvalue weighted by Crippen LogP contribution is -2.17. The maximum absolute atomic E-state index is 13.2. The van der Waals surface area contributed by atoms with Crippen LogP contribution in [0.3, 0.4) is 0 Å². The molecule has 0 saturated carbocycles. The van der Waals surface area contributed by atoms with Gasteiger partial charge in [0, 0.05) is 23.6 Å². The zero-order valence-electron chi connectivity index (χ0n) is 17.9. The standard InChI is InChI=1S/C26H25FO5/c1-2-17-15-21(18-7-9-19(27)10-8-18)22(28)16-25(17)31-14-4-13-30-23-5-3-6-24-20(23)11-12-26(29)32-24/h3,5-10,15-16,28H,2,4,11-14H2,1H3. The van der Waals surface area contributed by atoms with E-state index in [1.165, 1.54) is 12.1 Å². The van der Waals surface area contributed by atoms with E-state index in [-0.39, 0.29) is 17.5 Å². The van der Waals surface area contributed by atoms with Crippen LogP contribution >= 0.6 is 0 Å². The SMILES string of the molecule is CCc1cc(-c2ccc(F)cc2)c(O)cc1OCCCOc1cccc2c1CCC(=O)O2. The number of hydrogen-bond donors (Lipinski definition) is 1. The Balaban J connectivity index is 1.35. The van der Waals surface area contributed by atoms with Gasteiger partial charge in [0.15, 0.2) is 0 Å². The highest BCUT2D eigenvalue weighted by atomic mass is 19.1. The van der Waals surface area contributed by atoms with Gasteiger partial charge in [-0.15, -0.1) is 0 Å². The quantitative estimate of drug-likeness (QED) is 0.289. The number of phenolic OH excluding ortho intramolecular Hbond substituents is 1. The fourth-order valence-corrected chi connectivity index (χ4v) is 3.73. The predicted molar refractivity (Wildman–Crippen MR) is 119 cm³/mol. The van der Waals surface area contributed by atoms with Crippen molar-refractivity contribution in [2.45, 2.75) is 32.6 Å². The summed E-state index contributed by atoms with van der Waals surface area (Å²) in [6.07, 6.45) is 2.34. The van der Waals surface area contributed by atoms with Gasteiger partial charge in [0.05, 0.1) is 19.6 Å². The molecule has 6 heteroatoms. The molecule has 3 aromatic carbocycles. The highest BCUT2D eigenvalue weighted by molar-refractivity contribution is 5.76. The molecule has 0 saturated heterocycles. The van der Waals surface area contributed by atoms with Crippen molar-refractivity contribution in [3.63, 3.8) is 0 Å². The minimum atomic E-state index is -0.317. The van der Waals surface area contributed by atoms with Crippen LogP contribution in [0.2, 0.25) is 0 Å². The summed E-state index contributed by atoms with van der Waals surface area (Å²) < 4.78 is 30.3. The number of rotatable bonds is 8. The van der Waals surface area contributed by atoms with Gasteiger partial charge >= 0.3 is 5.97 Å². The smallest absolute Gasteiger partial charge is 0.311 e. The highest BCUT2D eigenvalue weighted by Crippen LogP contribution is 2.36. The summed E-state index contributed by atoms with van der Waals surface area (Å²) in [5, 5.41) is 10.5. The molecule has 0 spiro atoms. The van der Waals surface area contributed by atoms with E-state index in [2.05, 4.69) is 0 Å². The van der Waals surface area contributed by atoms with Gasteiger partial charge in [-0.05, 0) is 54.3 Å². The van der Waals surface area contributed by atoms with Crippen LogP contribution in [0.5, 0.6) is 23.0 Å². The first-order valence-electron chi connectivity index (χ1n) is 10.7. The van der Waals surface area contributed by atoms with Gasteiger partial charge in [-0.3, -0.25) is 4.79 Å². The number of ether oxygens (including phenoxy) is 3. The first-order valence-corrected chi connectivity index (χ1v) is 10.7. The second-order valence-electron chi connectivity index (χ2n) is 7.59. The highest BCUT2D eigenvalue weighted by Gasteiger charge is 2.20. The lowest BCUT2D eigenvalue weighted by molar-refractivity contribution is -0.135. The topological polar surface area (TPSA) is 65.0 Å². The summed E-state index contributed by atoms with van der Waals surface area (Å²) in [6, 6.07) is 15.0. The van der Waals surface area contributed by atoms with E-state index in [1.54, 1.807) is 24.3 Å². The Morgan fingerprint density at radius 2 is 1.75 bits per heavy atom. The summed E-state index contributed by atoms with van der Waals surface area (Å²) in [5.74, 6) is 1.47. The number of carbonyl (C=O) groups is 1. The summed E-state index contributed by atoms with van der Waals surface area (Å²) in [5.41, 5.74) is 3.27. The number of esters is 1. The lowest BCUT2D eigenvalue weighted by atomic mass is 10.00. The maximum Gasteiger partial charge on any atom is 0.311 e. The number of carbonyl (C=O) groups excluding carboxylic acids is 1. The van der Waals surface area contributed by atoms with Crippen molar-refractivity contribution in [2.24, 2.45) is 0 Å². The van der Waals surface area contributed by atoms with Crippen molar-refractivity contribution in [1.29, 1.82) is 0 Å². The van der Waals surface area contributed by atoms with Crippen LogP contribution in [0.25, 0.3) is 11.1 Å². The Morgan fingerprint density at radius 1 is 1.00 bits per heavy atom. The Hall–Kier alpha value is -3.54. The molecule has 0 radical (unpaired) electrons. The molecule has 166 valence electrons. The second-order valence-corrected chi connectivity index (χ2v) is 7.59. The minimum Gasteiger partial charge on any atom is -0.507 e. The number of benzene rings is 3. The van der Waals surface area contributed by atoms with Gasteiger partial charge < -0.3 is 19.3 Å².